The number of hydrogen-bond acceptors (Lipinski definition) is 5. The topological polar surface area (TPSA) is 92.7 Å². The standard InChI is InChI=1S/C21H19N5O2S/c1-13-8-9-14(2)17(10-13)23-18(27)12-29-21-24-19-16(11-22-25-19)20(28)26(21)15-6-4-3-5-7-15/h3-11H,12H2,1-2H3,(H,22,25)(H,23,27). The van der Waals surface area contributed by atoms with Crippen LogP contribution in [0.25, 0.3) is 16.7 Å². The second-order valence-electron chi connectivity index (χ2n) is 6.66. The summed E-state index contributed by atoms with van der Waals surface area (Å²) in [6.45, 7) is 3.93. The third kappa shape index (κ3) is 3.93. The minimum Gasteiger partial charge on any atom is -0.325 e. The molecule has 2 heterocycles. The van der Waals surface area contributed by atoms with Crippen LogP contribution in [0, 0.1) is 13.8 Å². The first-order valence-corrected chi connectivity index (χ1v) is 10.0. The molecule has 2 aromatic carbocycles. The molecule has 0 radical (unpaired) electrons. The number of aromatic nitrogens is 4. The van der Waals surface area contributed by atoms with Gasteiger partial charge in [-0.25, -0.2) is 4.98 Å². The molecule has 7 nitrogen and oxygen atoms in total. The average Bonchev–Trinajstić information content (AvgIpc) is 3.19. The van der Waals surface area contributed by atoms with Crippen LogP contribution in [-0.2, 0) is 4.79 Å². The van der Waals surface area contributed by atoms with E-state index in [1.54, 1.807) is 0 Å². The molecule has 2 aromatic heterocycles. The van der Waals surface area contributed by atoms with Gasteiger partial charge in [-0.1, -0.05) is 42.1 Å². The number of aryl methyl sites for hydroxylation is 2. The first kappa shape index (κ1) is 18.9. The molecule has 4 rings (SSSR count). The van der Waals surface area contributed by atoms with Crippen LogP contribution in [0.15, 0.2) is 64.7 Å². The molecule has 0 spiro atoms. The number of aromatic amines is 1. The molecule has 0 atom stereocenters. The summed E-state index contributed by atoms with van der Waals surface area (Å²) in [5.74, 6) is -0.0472. The van der Waals surface area contributed by atoms with Crippen LogP contribution < -0.4 is 10.9 Å². The van der Waals surface area contributed by atoms with Crippen LogP contribution in [0.4, 0.5) is 5.69 Å². The molecule has 4 aromatic rings. The molecule has 0 unspecified atom stereocenters. The number of fused-ring (bicyclic) bond motifs is 1. The fourth-order valence-corrected chi connectivity index (χ4v) is 3.77. The van der Waals surface area contributed by atoms with Crippen LogP contribution >= 0.6 is 11.8 Å². The van der Waals surface area contributed by atoms with E-state index in [0.717, 1.165) is 16.8 Å². The molecule has 0 bridgehead atoms. The molecule has 29 heavy (non-hydrogen) atoms. The molecule has 0 fully saturated rings. The Morgan fingerprint density at radius 1 is 1.17 bits per heavy atom. The van der Waals surface area contributed by atoms with E-state index < -0.39 is 0 Å². The number of nitrogens with zero attached hydrogens (tertiary/aromatic N) is 3. The van der Waals surface area contributed by atoms with Gasteiger partial charge in [0.15, 0.2) is 10.8 Å². The number of benzene rings is 2. The lowest BCUT2D eigenvalue weighted by Gasteiger charge is -2.12. The zero-order valence-corrected chi connectivity index (χ0v) is 16.8. The van der Waals surface area contributed by atoms with E-state index in [2.05, 4.69) is 20.5 Å². The fourth-order valence-electron chi connectivity index (χ4n) is 2.96. The van der Waals surface area contributed by atoms with Gasteiger partial charge in [0.2, 0.25) is 5.91 Å². The van der Waals surface area contributed by atoms with Gasteiger partial charge in [0.25, 0.3) is 5.56 Å². The Labute approximate surface area is 171 Å². The summed E-state index contributed by atoms with van der Waals surface area (Å²) in [5.41, 5.74) is 3.71. The summed E-state index contributed by atoms with van der Waals surface area (Å²) in [6.07, 6.45) is 1.46. The lowest BCUT2D eigenvalue weighted by atomic mass is 10.1. The number of rotatable bonds is 5. The Morgan fingerprint density at radius 3 is 2.76 bits per heavy atom. The summed E-state index contributed by atoms with van der Waals surface area (Å²) in [4.78, 5) is 30.0. The SMILES string of the molecule is Cc1ccc(C)c(NC(=O)CSc2nc3[nH]ncc3c(=O)n2-c2ccccc2)c1. The van der Waals surface area contributed by atoms with Crippen molar-refractivity contribution >= 4 is 34.4 Å². The van der Waals surface area contributed by atoms with Crippen molar-refractivity contribution < 1.29 is 4.79 Å². The number of H-pyrrole nitrogens is 1. The van der Waals surface area contributed by atoms with Gasteiger partial charge in [0.05, 0.1) is 17.6 Å². The van der Waals surface area contributed by atoms with E-state index in [0.29, 0.717) is 21.9 Å². The first-order valence-electron chi connectivity index (χ1n) is 9.04. The third-order valence-corrected chi connectivity index (χ3v) is 5.40. The van der Waals surface area contributed by atoms with Crippen molar-refractivity contribution in [3.63, 3.8) is 0 Å². The Kier molecular flexibility index (Phi) is 5.18. The molecular formula is C21H19N5O2S. The molecule has 0 aliphatic heterocycles. The number of amides is 1. The second kappa shape index (κ2) is 7.92. The van der Waals surface area contributed by atoms with Crippen molar-refractivity contribution in [2.45, 2.75) is 19.0 Å². The summed E-state index contributed by atoms with van der Waals surface area (Å²) < 4.78 is 1.51. The normalized spacial score (nSPS) is 11.0. The molecule has 1 amide bonds. The highest BCUT2D eigenvalue weighted by Crippen LogP contribution is 2.22. The van der Waals surface area contributed by atoms with Crippen molar-refractivity contribution in [1.82, 2.24) is 19.7 Å². The van der Waals surface area contributed by atoms with Crippen LogP contribution in [0.1, 0.15) is 11.1 Å². The van der Waals surface area contributed by atoms with Gasteiger partial charge in [-0.15, -0.1) is 0 Å². The van der Waals surface area contributed by atoms with E-state index >= 15 is 0 Å². The predicted octanol–water partition coefficient (Wildman–Crippen LogP) is 3.46. The highest BCUT2D eigenvalue weighted by molar-refractivity contribution is 7.99. The second-order valence-corrected chi connectivity index (χ2v) is 7.60. The van der Waals surface area contributed by atoms with Crippen LogP contribution in [0.3, 0.4) is 0 Å². The fraction of sp³-hybridized carbons (Fsp3) is 0.143. The Bertz CT molecular complexity index is 1250. The third-order valence-electron chi connectivity index (χ3n) is 4.47. The predicted molar refractivity (Wildman–Crippen MR) is 115 cm³/mol. The van der Waals surface area contributed by atoms with E-state index in [-0.39, 0.29) is 17.2 Å². The summed E-state index contributed by atoms with van der Waals surface area (Å²) >= 11 is 1.20. The monoisotopic (exact) mass is 405 g/mol. The largest absolute Gasteiger partial charge is 0.325 e. The highest BCUT2D eigenvalue weighted by atomic mass is 32.2. The van der Waals surface area contributed by atoms with Gasteiger partial charge in [0, 0.05) is 5.69 Å². The lowest BCUT2D eigenvalue weighted by Crippen LogP contribution is -2.22. The molecule has 0 saturated carbocycles. The van der Waals surface area contributed by atoms with Crippen LogP contribution in [0.2, 0.25) is 0 Å². The molecule has 0 saturated heterocycles. The van der Waals surface area contributed by atoms with Crippen molar-refractivity contribution in [1.29, 1.82) is 0 Å². The molecule has 8 heteroatoms. The van der Waals surface area contributed by atoms with Crippen molar-refractivity contribution in [3.05, 3.63) is 76.2 Å². The number of hydrogen-bond donors (Lipinski definition) is 2. The van der Waals surface area contributed by atoms with E-state index in [1.165, 1.54) is 22.5 Å². The number of thioether (sulfide) groups is 1. The van der Waals surface area contributed by atoms with Crippen LogP contribution in [-0.4, -0.2) is 31.4 Å². The van der Waals surface area contributed by atoms with Gasteiger partial charge in [-0.3, -0.25) is 19.3 Å². The number of carbonyl (C=O) groups excluding carboxylic acids is 1. The molecule has 146 valence electrons. The zero-order valence-electron chi connectivity index (χ0n) is 16.0. The Balaban J connectivity index is 1.63. The number of para-hydroxylation sites is 1. The minimum absolute atomic E-state index is 0.117. The highest BCUT2D eigenvalue weighted by Gasteiger charge is 2.16. The number of carbonyl (C=O) groups is 1. The maximum absolute atomic E-state index is 13.0. The summed E-state index contributed by atoms with van der Waals surface area (Å²) in [6, 6.07) is 15.1. The summed E-state index contributed by atoms with van der Waals surface area (Å²) in [7, 11) is 0. The Hall–Kier alpha value is -3.39. The lowest BCUT2D eigenvalue weighted by molar-refractivity contribution is -0.113. The van der Waals surface area contributed by atoms with E-state index in [1.807, 2.05) is 62.4 Å². The maximum Gasteiger partial charge on any atom is 0.269 e. The zero-order chi connectivity index (χ0) is 20.4. The summed E-state index contributed by atoms with van der Waals surface area (Å²) in [5, 5.41) is 10.4. The first-order chi connectivity index (χ1) is 14.0. The average molecular weight is 405 g/mol. The molecule has 0 aliphatic rings. The van der Waals surface area contributed by atoms with Crippen LogP contribution in [0.5, 0.6) is 0 Å². The number of anilines is 1. The van der Waals surface area contributed by atoms with Gasteiger partial charge in [-0.2, -0.15) is 5.10 Å². The van der Waals surface area contributed by atoms with Gasteiger partial charge < -0.3 is 5.32 Å². The van der Waals surface area contributed by atoms with Crippen molar-refractivity contribution in [3.8, 4) is 5.69 Å². The van der Waals surface area contributed by atoms with E-state index in [4.69, 9.17) is 0 Å². The van der Waals surface area contributed by atoms with E-state index in [9.17, 15) is 9.59 Å². The smallest absolute Gasteiger partial charge is 0.269 e. The molecular weight excluding hydrogens is 386 g/mol. The molecule has 0 aliphatic carbocycles. The minimum atomic E-state index is -0.229. The van der Waals surface area contributed by atoms with Crippen molar-refractivity contribution in [2.75, 3.05) is 11.1 Å². The van der Waals surface area contributed by atoms with Gasteiger partial charge >= 0.3 is 0 Å². The molecule has 2 N–H and O–H groups in total. The number of nitrogens with one attached hydrogen (secondary N) is 2. The van der Waals surface area contributed by atoms with Gasteiger partial charge in [0.1, 0.15) is 5.39 Å². The Morgan fingerprint density at radius 2 is 1.97 bits per heavy atom. The van der Waals surface area contributed by atoms with Crippen molar-refractivity contribution in [2.24, 2.45) is 0 Å². The quantitative estimate of drug-likeness (QED) is 0.392. The van der Waals surface area contributed by atoms with Gasteiger partial charge in [-0.05, 0) is 43.2 Å². The maximum atomic E-state index is 13.0.